The summed E-state index contributed by atoms with van der Waals surface area (Å²) in [6, 6.07) is 15.4. The van der Waals surface area contributed by atoms with Gasteiger partial charge < -0.3 is 28.8 Å². The smallest absolute Gasteiger partial charge is 0.344 e. The number of esters is 2. The Balaban J connectivity index is 1.04. The van der Waals surface area contributed by atoms with Crippen molar-refractivity contribution in [1.29, 1.82) is 0 Å². The van der Waals surface area contributed by atoms with Gasteiger partial charge in [0.1, 0.15) is 19.0 Å². The van der Waals surface area contributed by atoms with E-state index in [0.29, 0.717) is 24.2 Å². The normalized spacial score (nSPS) is 25.1. The molecule has 2 aromatic carbocycles. The molecule has 8 nitrogen and oxygen atoms in total. The molecule has 2 fully saturated rings. The van der Waals surface area contributed by atoms with Crippen molar-refractivity contribution in [3.8, 4) is 5.75 Å². The maximum Gasteiger partial charge on any atom is 0.344 e. The van der Waals surface area contributed by atoms with Gasteiger partial charge in [0.25, 0.3) is 0 Å². The molecule has 1 N–H and O–H groups in total. The van der Waals surface area contributed by atoms with E-state index in [1.54, 1.807) is 0 Å². The standard InChI is InChI=1S/C33H42O8/c34-29-20-25-19-28-24(18-27(25)26(29)11-7-16-39-33-13-4-5-15-38-33)10-6-12-30(28)40-22-32(36)37-17-14-31(35)41-21-23-8-2-1-3-9-23/h1-3,6,8-10,12,25-27,29,33-34H,4-5,7,11,13-22H2/t25-,26+,27-,29+,33?/m0/s1. The van der Waals surface area contributed by atoms with Crippen molar-refractivity contribution in [2.24, 2.45) is 17.8 Å². The molecule has 0 radical (unpaired) electrons. The van der Waals surface area contributed by atoms with E-state index >= 15 is 0 Å². The van der Waals surface area contributed by atoms with Gasteiger partial charge in [0.15, 0.2) is 12.9 Å². The molecule has 41 heavy (non-hydrogen) atoms. The summed E-state index contributed by atoms with van der Waals surface area (Å²) >= 11 is 0. The first kappa shape index (κ1) is 29.5. The molecular formula is C33H42O8. The van der Waals surface area contributed by atoms with Gasteiger partial charge in [0.2, 0.25) is 0 Å². The molecule has 222 valence electrons. The van der Waals surface area contributed by atoms with Crippen molar-refractivity contribution in [3.05, 3.63) is 65.2 Å². The lowest BCUT2D eigenvalue weighted by atomic mass is 9.73. The van der Waals surface area contributed by atoms with Gasteiger partial charge in [-0.3, -0.25) is 4.79 Å². The fourth-order valence-electron chi connectivity index (χ4n) is 6.55. The number of ether oxygens (including phenoxy) is 5. The van der Waals surface area contributed by atoms with Gasteiger partial charge >= 0.3 is 11.9 Å². The Morgan fingerprint density at radius 2 is 1.83 bits per heavy atom. The van der Waals surface area contributed by atoms with Crippen LogP contribution in [0.4, 0.5) is 0 Å². The molecule has 3 aliphatic rings. The minimum atomic E-state index is -0.524. The van der Waals surface area contributed by atoms with E-state index in [2.05, 4.69) is 6.07 Å². The molecule has 0 spiro atoms. The predicted octanol–water partition coefficient (Wildman–Crippen LogP) is 4.78. The van der Waals surface area contributed by atoms with E-state index in [9.17, 15) is 14.7 Å². The third-order valence-electron chi connectivity index (χ3n) is 8.63. The van der Waals surface area contributed by atoms with E-state index in [0.717, 1.165) is 69.1 Å². The quantitative estimate of drug-likeness (QED) is 0.273. The van der Waals surface area contributed by atoms with Crippen LogP contribution in [0.3, 0.4) is 0 Å². The molecule has 1 aliphatic heterocycles. The van der Waals surface area contributed by atoms with Crippen molar-refractivity contribution in [2.45, 2.75) is 76.8 Å². The second kappa shape index (κ2) is 14.8. The topological polar surface area (TPSA) is 101 Å². The second-order valence-corrected chi connectivity index (χ2v) is 11.4. The summed E-state index contributed by atoms with van der Waals surface area (Å²) in [4.78, 5) is 24.2. The molecule has 5 rings (SSSR count). The number of aliphatic hydroxyl groups is 1. The molecule has 1 unspecified atom stereocenters. The molecule has 8 heteroatoms. The highest BCUT2D eigenvalue weighted by Crippen LogP contribution is 2.48. The van der Waals surface area contributed by atoms with Gasteiger partial charge in [0, 0.05) is 13.2 Å². The highest BCUT2D eigenvalue weighted by Gasteiger charge is 2.44. The van der Waals surface area contributed by atoms with Crippen LogP contribution in [0.1, 0.15) is 61.6 Å². The van der Waals surface area contributed by atoms with Crippen LogP contribution in [0.5, 0.6) is 5.75 Å². The van der Waals surface area contributed by atoms with Crippen LogP contribution >= 0.6 is 0 Å². The molecule has 0 amide bonds. The molecule has 1 saturated heterocycles. The van der Waals surface area contributed by atoms with Crippen molar-refractivity contribution < 1.29 is 38.4 Å². The average molecular weight is 567 g/mol. The van der Waals surface area contributed by atoms with Gasteiger partial charge in [-0.2, -0.15) is 0 Å². The van der Waals surface area contributed by atoms with Crippen molar-refractivity contribution in [1.82, 2.24) is 0 Å². The summed E-state index contributed by atoms with van der Waals surface area (Å²) < 4.78 is 27.9. The number of fused-ring (bicyclic) bond motifs is 2. The Kier molecular flexibility index (Phi) is 10.7. The minimum Gasteiger partial charge on any atom is -0.482 e. The zero-order chi connectivity index (χ0) is 28.4. The molecule has 0 aromatic heterocycles. The van der Waals surface area contributed by atoms with Gasteiger partial charge in [-0.1, -0.05) is 42.5 Å². The summed E-state index contributed by atoms with van der Waals surface area (Å²) in [5, 5.41) is 10.9. The zero-order valence-corrected chi connectivity index (χ0v) is 23.7. The van der Waals surface area contributed by atoms with Crippen molar-refractivity contribution in [3.63, 3.8) is 0 Å². The van der Waals surface area contributed by atoms with Crippen LogP contribution in [0.2, 0.25) is 0 Å². The van der Waals surface area contributed by atoms with Crippen molar-refractivity contribution >= 4 is 11.9 Å². The summed E-state index contributed by atoms with van der Waals surface area (Å²) in [5.74, 6) is 0.845. The summed E-state index contributed by atoms with van der Waals surface area (Å²) in [6.07, 6.45) is 7.27. The Morgan fingerprint density at radius 3 is 2.66 bits per heavy atom. The number of benzene rings is 2. The van der Waals surface area contributed by atoms with Gasteiger partial charge in [0.05, 0.1) is 12.5 Å². The molecule has 1 heterocycles. The number of aliphatic hydroxyl groups excluding tert-OH is 1. The van der Waals surface area contributed by atoms with Crippen LogP contribution in [-0.4, -0.2) is 55.9 Å². The van der Waals surface area contributed by atoms with Crippen LogP contribution in [0, 0.1) is 17.8 Å². The van der Waals surface area contributed by atoms with Crippen LogP contribution in [0.25, 0.3) is 0 Å². The molecule has 0 bridgehead atoms. The van der Waals surface area contributed by atoms with Crippen molar-refractivity contribution in [2.75, 3.05) is 26.4 Å². The maximum atomic E-state index is 12.3. The fourth-order valence-corrected chi connectivity index (χ4v) is 6.55. The van der Waals surface area contributed by atoms with Gasteiger partial charge in [-0.15, -0.1) is 0 Å². The monoisotopic (exact) mass is 566 g/mol. The number of carbonyl (C=O) groups excluding carboxylic acids is 2. The Bertz CT molecular complexity index is 1130. The zero-order valence-electron chi connectivity index (χ0n) is 23.7. The maximum absolute atomic E-state index is 12.3. The summed E-state index contributed by atoms with van der Waals surface area (Å²) in [5.41, 5.74) is 3.25. The predicted molar refractivity (Wildman–Crippen MR) is 151 cm³/mol. The number of carbonyl (C=O) groups is 2. The number of rotatable bonds is 13. The van der Waals surface area contributed by atoms with E-state index in [-0.39, 0.29) is 44.6 Å². The lowest BCUT2D eigenvalue weighted by Gasteiger charge is -2.32. The van der Waals surface area contributed by atoms with Gasteiger partial charge in [-0.25, -0.2) is 4.79 Å². The van der Waals surface area contributed by atoms with Gasteiger partial charge in [-0.05, 0) is 91.9 Å². The molecule has 1 saturated carbocycles. The first-order valence-corrected chi connectivity index (χ1v) is 15.1. The summed E-state index contributed by atoms with van der Waals surface area (Å²) in [7, 11) is 0. The minimum absolute atomic E-state index is 0.00758. The Labute approximate surface area is 242 Å². The Hall–Kier alpha value is -2.94. The highest BCUT2D eigenvalue weighted by molar-refractivity contribution is 5.73. The number of hydrogen-bond donors (Lipinski definition) is 1. The first-order chi connectivity index (χ1) is 20.1. The first-order valence-electron chi connectivity index (χ1n) is 15.1. The van der Waals surface area contributed by atoms with Crippen LogP contribution in [-0.2, 0) is 48.0 Å². The van der Waals surface area contributed by atoms with E-state index in [4.69, 9.17) is 23.7 Å². The largest absolute Gasteiger partial charge is 0.482 e. The van der Waals surface area contributed by atoms with Crippen LogP contribution in [0.15, 0.2) is 48.5 Å². The second-order valence-electron chi connectivity index (χ2n) is 11.4. The molecule has 2 aromatic rings. The SMILES string of the molecule is O=C(CCOC(=O)COc1cccc2c1C[C@H]1C[C@@H](O)[C@H](CCCOC3CCCCO3)[C@H]1C2)OCc1ccccc1. The van der Waals surface area contributed by atoms with E-state index in [1.807, 2.05) is 42.5 Å². The number of hydrogen-bond acceptors (Lipinski definition) is 8. The molecular weight excluding hydrogens is 524 g/mol. The summed E-state index contributed by atoms with van der Waals surface area (Å²) in [6.45, 7) is 1.38. The fraction of sp³-hybridized carbons (Fsp3) is 0.576. The Morgan fingerprint density at radius 1 is 0.951 bits per heavy atom. The molecule has 2 aliphatic carbocycles. The molecule has 5 atom stereocenters. The van der Waals surface area contributed by atoms with E-state index in [1.165, 1.54) is 5.56 Å². The third-order valence-corrected chi connectivity index (χ3v) is 8.63. The lowest BCUT2D eigenvalue weighted by molar-refractivity contribution is -0.163. The average Bonchev–Trinajstić information content (AvgIpc) is 3.30. The highest BCUT2D eigenvalue weighted by atomic mass is 16.7. The third kappa shape index (κ3) is 8.31. The van der Waals surface area contributed by atoms with Crippen LogP contribution < -0.4 is 4.74 Å². The van der Waals surface area contributed by atoms with E-state index < -0.39 is 11.9 Å². The lowest BCUT2D eigenvalue weighted by Crippen LogP contribution is -2.28.